The van der Waals surface area contributed by atoms with Crippen molar-refractivity contribution in [3.05, 3.63) is 53.3 Å². The first-order chi connectivity index (χ1) is 15.8. The standard InChI is InChI=1S/C21H25N7O3S2/c1-15-24-19(26-18-5-3-4-8-22-18)13-20(25-15)27-9-11-28(12-10-27)33(30,31)21-7-6-17(32-21)14-23-16(2)29/h3-8,13H,9-12,14H2,1-2H3,(H,23,29)(H,22,24,25,26). The van der Waals surface area contributed by atoms with Crippen LogP contribution >= 0.6 is 11.3 Å². The van der Waals surface area contributed by atoms with Gasteiger partial charge in [0, 0.05) is 50.2 Å². The van der Waals surface area contributed by atoms with Gasteiger partial charge in [-0.1, -0.05) is 6.07 Å². The maximum absolute atomic E-state index is 13.1. The number of nitrogens with one attached hydrogen (secondary N) is 2. The summed E-state index contributed by atoms with van der Waals surface area (Å²) in [5.74, 6) is 2.53. The van der Waals surface area contributed by atoms with Gasteiger partial charge < -0.3 is 15.5 Å². The smallest absolute Gasteiger partial charge is 0.252 e. The van der Waals surface area contributed by atoms with Crippen LogP contribution in [-0.2, 0) is 21.4 Å². The number of carbonyl (C=O) groups excluding carboxylic acids is 1. The summed E-state index contributed by atoms with van der Waals surface area (Å²) in [7, 11) is -3.58. The molecule has 0 spiro atoms. The van der Waals surface area contributed by atoms with Gasteiger partial charge in [0.05, 0.1) is 6.54 Å². The Morgan fingerprint density at radius 2 is 1.88 bits per heavy atom. The third-order valence-corrected chi connectivity index (χ3v) is 8.50. The average molecular weight is 488 g/mol. The van der Waals surface area contributed by atoms with E-state index in [1.165, 1.54) is 22.6 Å². The Morgan fingerprint density at radius 1 is 1.09 bits per heavy atom. The highest BCUT2D eigenvalue weighted by Crippen LogP contribution is 2.27. The molecule has 3 aromatic rings. The number of sulfonamides is 1. The number of pyridine rings is 1. The molecule has 2 N–H and O–H groups in total. The summed E-state index contributed by atoms with van der Waals surface area (Å²) >= 11 is 1.18. The molecular weight excluding hydrogens is 462 g/mol. The lowest BCUT2D eigenvalue weighted by atomic mass is 10.3. The maximum atomic E-state index is 13.1. The zero-order valence-electron chi connectivity index (χ0n) is 18.4. The fourth-order valence-corrected chi connectivity index (χ4v) is 6.31. The second-order valence-electron chi connectivity index (χ2n) is 7.52. The highest BCUT2D eigenvalue weighted by molar-refractivity contribution is 7.91. The number of hydrogen-bond acceptors (Lipinski definition) is 9. The minimum Gasteiger partial charge on any atom is -0.354 e. The lowest BCUT2D eigenvalue weighted by molar-refractivity contribution is -0.119. The largest absolute Gasteiger partial charge is 0.354 e. The van der Waals surface area contributed by atoms with E-state index in [0.717, 1.165) is 10.7 Å². The third kappa shape index (κ3) is 5.64. The SMILES string of the molecule is CC(=O)NCc1ccc(S(=O)(=O)N2CCN(c3cc(Nc4ccccn4)nc(C)n3)CC2)s1. The average Bonchev–Trinajstić information content (AvgIpc) is 3.28. The first-order valence-corrected chi connectivity index (χ1v) is 12.7. The van der Waals surface area contributed by atoms with Crippen molar-refractivity contribution in [2.45, 2.75) is 24.6 Å². The van der Waals surface area contributed by atoms with Crippen LogP contribution in [0.15, 0.2) is 46.8 Å². The predicted octanol–water partition coefficient (Wildman–Crippen LogP) is 2.13. The Morgan fingerprint density at radius 3 is 2.58 bits per heavy atom. The molecule has 0 aromatic carbocycles. The van der Waals surface area contributed by atoms with Gasteiger partial charge in [-0.25, -0.2) is 23.4 Å². The van der Waals surface area contributed by atoms with E-state index in [2.05, 4.69) is 30.5 Å². The van der Waals surface area contributed by atoms with Crippen molar-refractivity contribution in [2.24, 2.45) is 0 Å². The molecular formula is C21H25N7O3S2. The summed E-state index contributed by atoms with van der Waals surface area (Å²) in [4.78, 5) is 27.2. The van der Waals surface area contributed by atoms with Gasteiger partial charge in [0.2, 0.25) is 5.91 Å². The van der Waals surface area contributed by atoms with Gasteiger partial charge in [-0.3, -0.25) is 4.79 Å². The van der Waals surface area contributed by atoms with Crippen LogP contribution in [0.4, 0.5) is 17.5 Å². The number of carbonyl (C=O) groups is 1. The molecule has 0 unspecified atom stereocenters. The van der Waals surface area contributed by atoms with Crippen LogP contribution in [0.25, 0.3) is 0 Å². The van der Waals surface area contributed by atoms with E-state index >= 15 is 0 Å². The third-order valence-electron chi connectivity index (χ3n) is 5.05. The highest BCUT2D eigenvalue weighted by atomic mass is 32.2. The summed E-state index contributed by atoms with van der Waals surface area (Å²) in [6.45, 7) is 5.32. The number of anilines is 3. The van der Waals surface area contributed by atoms with E-state index in [-0.39, 0.29) is 10.1 Å². The molecule has 0 atom stereocenters. The molecule has 0 aliphatic carbocycles. The number of thiophene rings is 1. The molecule has 1 amide bonds. The Balaban J connectivity index is 1.42. The summed E-state index contributed by atoms with van der Waals surface area (Å²) in [6, 6.07) is 10.8. The molecule has 1 aliphatic heterocycles. The van der Waals surface area contributed by atoms with Gasteiger partial charge in [-0.05, 0) is 31.2 Å². The van der Waals surface area contributed by atoms with Crippen molar-refractivity contribution in [1.29, 1.82) is 0 Å². The lowest BCUT2D eigenvalue weighted by Crippen LogP contribution is -2.48. The number of hydrogen-bond donors (Lipinski definition) is 2. The summed E-state index contributed by atoms with van der Waals surface area (Å²) in [5, 5.41) is 5.87. The summed E-state index contributed by atoms with van der Waals surface area (Å²) < 4.78 is 27.9. The fraction of sp³-hybridized carbons (Fsp3) is 0.333. The number of amides is 1. The Hall–Kier alpha value is -3.09. The van der Waals surface area contributed by atoms with Crippen LogP contribution in [-0.4, -0.2) is 59.8 Å². The van der Waals surface area contributed by atoms with Gasteiger partial charge >= 0.3 is 0 Å². The molecule has 4 heterocycles. The van der Waals surface area contributed by atoms with Crippen LogP contribution < -0.4 is 15.5 Å². The fourth-order valence-electron chi connectivity index (χ4n) is 3.43. The van der Waals surface area contributed by atoms with Gasteiger partial charge in [-0.2, -0.15) is 4.31 Å². The minimum atomic E-state index is -3.58. The van der Waals surface area contributed by atoms with Gasteiger partial charge in [0.1, 0.15) is 27.5 Å². The normalized spacial score (nSPS) is 14.8. The highest BCUT2D eigenvalue weighted by Gasteiger charge is 2.30. The number of nitrogens with zero attached hydrogens (tertiary/aromatic N) is 5. The number of aromatic nitrogens is 3. The maximum Gasteiger partial charge on any atom is 0.252 e. The predicted molar refractivity (Wildman–Crippen MR) is 127 cm³/mol. The Kier molecular flexibility index (Phi) is 6.86. The summed E-state index contributed by atoms with van der Waals surface area (Å²) in [5.41, 5.74) is 0. The van der Waals surface area contributed by atoms with Crippen molar-refractivity contribution >= 4 is 44.7 Å². The molecule has 33 heavy (non-hydrogen) atoms. The number of piperazine rings is 1. The molecule has 12 heteroatoms. The van der Waals surface area contributed by atoms with E-state index in [9.17, 15) is 13.2 Å². The number of rotatable bonds is 7. The van der Waals surface area contributed by atoms with E-state index in [4.69, 9.17) is 0 Å². The van der Waals surface area contributed by atoms with Crippen LogP contribution in [0.5, 0.6) is 0 Å². The van der Waals surface area contributed by atoms with Gasteiger partial charge in [-0.15, -0.1) is 11.3 Å². The first-order valence-electron chi connectivity index (χ1n) is 10.4. The molecule has 0 bridgehead atoms. The van der Waals surface area contributed by atoms with Crippen molar-refractivity contribution in [1.82, 2.24) is 24.6 Å². The molecule has 3 aromatic heterocycles. The Labute approximate surface area is 196 Å². The second kappa shape index (κ2) is 9.81. The van der Waals surface area contributed by atoms with Gasteiger partial charge in [0.25, 0.3) is 10.0 Å². The molecule has 1 saturated heterocycles. The van der Waals surface area contributed by atoms with E-state index in [0.29, 0.717) is 50.2 Å². The molecule has 4 rings (SSSR count). The zero-order chi connectivity index (χ0) is 23.4. The monoisotopic (exact) mass is 487 g/mol. The van der Waals surface area contributed by atoms with E-state index in [1.54, 1.807) is 18.3 Å². The molecule has 0 radical (unpaired) electrons. The van der Waals surface area contributed by atoms with Crippen LogP contribution in [0, 0.1) is 6.92 Å². The van der Waals surface area contributed by atoms with Crippen molar-refractivity contribution in [3.63, 3.8) is 0 Å². The van der Waals surface area contributed by atoms with Gasteiger partial charge in [0.15, 0.2) is 0 Å². The van der Waals surface area contributed by atoms with Crippen LogP contribution in [0.1, 0.15) is 17.6 Å². The summed E-state index contributed by atoms with van der Waals surface area (Å²) in [6.07, 6.45) is 1.70. The Bertz CT molecular complexity index is 1220. The molecule has 174 valence electrons. The van der Waals surface area contributed by atoms with E-state index < -0.39 is 10.0 Å². The molecule has 0 saturated carbocycles. The van der Waals surface area contributed by atoms with Crippen LogP contribution in [0.2, 0.25) is 0 Å². The quantitative estimate of drug-likeness (QED) is 0.520. The lowest BCUT2D eigenvalue weighted by Gasteiger charge is -2.34. The van der Waals surface area contributed by atoms with E-state index in [1.807, 2.05) is 31.2 Å². The first kappa shape index (κ1) is 23.1. The minimum absolute atomic E-state index is 0.151. The van der Waals surface area contributed by atoms with Crippen molar-refractivity contribution in [2.75, 3.05) is 36.4 Å². The molecule has 1 aliphatic rings. The zero-order valence-corrected chi connectivity index (χ0v) is 20.0. The van der Waals surface area contributed by atoms with Crippen molar-refractivity contribution < 1.29 is 13.2 Å². The van der Waals surface area contributed by atoms with Crippen LogP contribution in [0.3, 0.4) is 0 Å². The van der Waals surface area contributed by atoms with Crippen molar-refractivity contribution in [3.8, 4) is 0 Å². The number of aryl methyl sites for hydroxylation is 1. The molecule has 10 nitrogen and oxygen atoms in total. The second-order valence-corrected chi connectivity index (χ2v) is 10.9. The molecule has 1 fully saturated rings. The topological polar surface area (TPSA) is 120 Å².